The Kier molecular flexibility index (Phi) is 7.25. The van der Waals surface area contributed by atoms with Gasteiger partial charge < -0.3 is 10.2 Å². The molecule has 1 N–H and O–H groups in total. The van der Waals surface area contributed by atoms with Gasteiger partial charge in [0.2, 0.25) is 0 Å². The third-order valence-electron chi connectivity index (χ3n) is 4.73. The van der Waals surface area contributed by atoms with Crippen LogP contribution in [0.2, 0.25) is 0 Å². The molecule has 25 heavy (non-hydrogen) atoms. The molecule has 6 heteroatoms. The third kappa shape index (κ3) is 4.94. The van der Waals surface area contributed by atoms with E-state index >= 15 is 0 Å². The van der Waals surface area contributed by atoms with E-state index in [1.54, 1.807) is 30.5 Å². The van der Waals surface area contributed by atoms with Crippen LogP contribution in [-0.4, -0.2) is 38.0 Å². The van der Waals surface area contributed by atoms with Gasteiger partial charge in [0.1, 0.15) is 5.82 Å². The van der Waals surface area contributed by atoms with E-state index in [1.807, 2.05) is 19.2 Å². The summed E-state index contributed by atoms with van der Waals surface area (Å²) in [5.41, 5.74) is 0.754. The Morgan fingerprint density at radius 2 is 2.04 bits per heavy atom. The summed E-state index contributed by atoms with van der Waals surface area (Å²) in [6.45, 7) is 1.64. The molecule has 2 aromatic rings. The maximum atomic E-state index is 14.1. The van der Waals surface area contributed by atoms with E-state index in [2.05, 4.69) is 32.7 Å². The molecule has 136 valence electrons. The zero-order valence-corrected chi connectivity index (χ0v) is 17.8. The van der Waals surface area contributed by atoms with Gasteiger partial charge in [-0.25, -0.2) is 4.39 Å². The summed E-state index contributed by atoms with van der Waals surface area (Å²) in [5.74, 6) is 0.770. The fourth-order valence-corrected chi connectivity index (χ4v) is 3.75. The number of benzene rings is 1. The molecule has 0 saturated heterocycles. The van der Waals surface area contributed by atoms with E-state index in [0.717, 1.165) is 43.9 Å². The van der Waals surface area contributed by atoms with Crippen molar-refractivity contribution in [1.29, 1.82) is 0 Å². The van der Waals surface area contributed by atoms with Crippen molar-refractivity contribution in [3.05, 3.63) is 58.0 Å². The van der Waals surface area contributed by atoms with Crippen LogP contribution < -0.4 is 5.32 Å². The predicted octanol–water partition coefficient (Wildman–Crippen LogP) is 4.29. The highest BCUT2D eigenvalue weighted by Crippen LogP contribution is 2.48. The number of halogens is 2. The molecule has 0 spiro atoms. The van der Waals surface area contributed by atoms with Gasteiger partial charge in [0.15, 0.2) is 5.96 Å². The Balaban J connectivity index is 0.00000225. The average Bonchev–Trinajstić information content (AvgIpc) is 3.18. The second-order valence-electron chi connectivity index (χ2n) is 6.41. The number of thiophene rings is 1. The van der Waals surface area contributed by atoms with Crippen LogP contribution in [0.15, 0.2) is 46.8 Å². The minimum atomic E-state index is -0.0992. The third-order valence-corrected chi connectivity index (χ3v) is 5.67. The second-order valence-corrected chi connectivity index (χ2v) is 7.44. The lowest BCUT2D eigenvalue weighted by Crippen LogP contribution is -2.43. The van der Waals surface area contributed by atoms with Gasteiger partial charge in [0.25, 0.3) is 0 Å². The number of nitrogens with one attached hydrogen (secondary N) is 1. The molecule has 0 unspecified atom stereocenters. The van der Waals surface area contributed by atoms with E-state index in [-0.39, 0.29) is 35.2 Å². The van der Waals surface area contributed by atoms with Crippen LogP contribution in [0.3, 0.4) is 0 Å². The Labute approximate surface area is 170 Å². The SMILES string of the molecule is CN=C(NCC1(c2ccccc2F)CC1)N(C)CCc1cccs1.I. The molecular weight excluding hydrogens is 448 g/mol. The molecule has 1 fully saturated rings. The lowest BCUT2D eigenvalue weighted by molar-refractivity contribution is 0.476. The normalized spacial score (nSPS) is 15.4. The molecular formula is C19H25FIN3S. The molecule has 3 nitrogen and oxygen atoms in total. The number of likely N-dealkylation sites (N-methyl/N-ethyl adjacent to an activating group) is 1. The molecule has 1 aromatic heterocycles. The smallest absolute Gasteiger partial charge is 0.193 e. The zero-order chi connectivity index (χ0) is 17.0. The Morgan fingerprint density at radius 1 is 1.28 bits per heavy atom. The van der Waals surface area contributed by atoms with Crippen molar-refractivity contribution in [2.75, 3.05) is 27.2 Å². The maximum absolute atomic E-state index is 14.1. The minimum absolute atomic E-state index is 0. The molecule has 1 aliphatic carbocycles. The van der Waals surface area contributed by atoms with E-state index in [0.29, 0.717) is 0 Å². The maximum Gasteiger partial charge on any atom is 0.193 e. The number of nitrogens with zero attached hydrogens (tertiary/aromatic N) is 2. The van der Waals surface area contributed by atoms with E-state index in [4.69, 9.17) is 0 Å². The lowest BCUT2D eigenvalue weighted by atomic mass is 9.95. The van der Waals surface area contributed by atoms with E-state index in [1.165, 1.54) is 4.88 Å². The van der Waals surface area contributed by atoms with Crippen LogP contribution in [0.1, 0.15) is 23.3 Å². The number of aliphatic imine (C=N–C) groups is 1. The fourth-order valence-electron chi connectivity index (χ4n) is 3.06. The molecule has 1 heterocycles. The van der Waals surface area contributed by atoms with Crippen molar-refractivity contribution in [3.8, 4) is 0 Å². The summed E-state index contributed by atoms with van der Waals surface area (Å²) in [6.07, 6.45) is 3.06. The van der Waals surface area contributed by atoms with Crippen LogP contribution in [0.4, 0.5) is 4.39 Å². The summed E-state index contributed by atoms with van der Waals surface area (Å²) in [5, 5.41) is 5.55. The first-order valence-electron chi connectivity index (χ1n) is 8.34. The Bertz CT molecular complexity index is 698. The van der Waals surface area contributed by atoms with Gasteiger partial charge in [-0.2, -0.15) is 0 Å². The fraction of sp³-hybridized carbons (Fsp3) is 0.421. The molecule has 1 aliphatic rings. The largest absolute Gasteiger partial charge is 0.355 e. The molecule has 1 aromatic carbocycles. The standard InChI is InChI=1S/C19H24FN3S.HI/c1-21-18(23(2)12-9-15-6-5-13-24-15)22-14-19(10-11-19)16-7-3-4-8-17(16)20;/h3-8,13H,9-12,14H2,1-2H3,(H,21,22);1H. The minimum Gasteiger partial charge on any atom is -0.355 e. The molecule has 0 aliphatic heterocycles. The van der Waals surface area contributed by atoms with Crippen molar-refractivity contribution >= 4 is 41.3 Å². The first kappa shape index (κ1) is 20.2. The number of hydrogen-bond acceptors (Lipinski definition) is 2. The van der Waals surface area contributed by atoms with Gasteiger partial charge in [0.05, 0.1) is 0 Å². The van der Waals surface area contributed by atoms with Gasteiger partial charge in [-0.3, -0.25) is 4.99 Å². The first-order chi connectivity index (χ1) is 11.6. The highest BCUT2D eigenvalue weighted by atomic mass is 127. The topological polar surface area (TPSA) is 27.6 Å². The predicted molar refractivity (Wildman–Crippen MR) is 115 cm³/mol. The second kappa shape index (κ2) is 8.98. The van der Waals surface area contributed by atoms with Crippen LogP contribution in [-0.2, 0) is 11.8 Å². The van der Waals surface area contributed by atoms with E-state index < -0.39 is 0 Å². The molecule has 0 amide bonds. The summed E-state index contributed by atoms with van der Waals surface area (Å²) >= 11 is 1.78. The van der Waals surface area contributed by atoms with Gasteiger partial charge in [-0.05, 0) is 42.3 Å². The highest BCUT2D eigenvalue weighted by molar-refractivity contribution is 14.0. The van der Waals surface area contributed by atoms with Crippen LogP contribution >= 0.6 is 35.3 Å². The summed E-state index contributed by atoms with van der Waals surface area (Å²) in [7, 11) is 3.85. The summed E-state index contributed by atoms with van der Waals surface area (Å²) in [6, 6.07) is 11.4. The lowest BCUT2D eigenvalue weighted by Gasteiger charge is -2.25. The van der Waals surface area contributed by atoms with Gasteiger partial charge in [0, 0.05) is 37.5 Å². The summed E-state index contributed by atoms with van der Waals surface area (Å²) in [4.78, 5) is 7.89. The van der Waals surface area contributed by atoms with Crippen LogP contribution in [0.5, 0.6) is 0 Å². The quantitative estimate of drug-likeness (QED) is 0.385. The molecule has 0 atom stereocenters. The molecule has 0 radical (unpaired) electrons. The van der Waals surface area contributed by atoms with E-state index in [9.17, 15) is 4.39 Å². The first-order valence-corrected chi connectivity index (χ1v) is 9.22. The van der Waals surface area contributed by atoms with Crippen molar-refractivity contribution in [1.82, 2.24) is 10.2 Å². The Hall–Kier alpha value is -1.15. The monoisotopic (exact) mass is 473 g/mol. The molecule has 1 saturated carbocycles. The van der Waals surface area contributed by atoms with Crippen molar-refractivity contribution in [2.24, 2.45) is 4.99 Å². The van der Waals surface area contributed by atoms with Crippen molar-refractivity contribution < 1.29 is 4.39 Å². The van der Waals surface area contributed by atoms with Gasteiger partial charge in [-0.15, -0.1) is 35.3 Å². The van der Waals surface area contributed by atoms with Gasteiger partial charge in [-0.1, -0.05) is 24.3 Å². The number of guanidine groups is 1. The Morgan fingerprint density at radius 3 is 2.64 bits per heavy atom. The van der Waals surface area contributed by atoms with Crippen molar-refractivity contribution in [2.45, 2.75) is 24.7 Å². The van der Waals surface area contributed by atoms with Gasteiger partial charge >= 0.3 is 0 Å². The molecule has 0 bridgehead atoms. The highest BCUT2D eigenvalue weighted by Gasteiger charge is 2.45. The number of rotatable bonds is 6. The summed E-state index contributed by atoms with van der Waals surface area (Å²) < 4.78 is 14.1. The molecule has 3 rings (SSSR count). The van der Waals surface area contributed by atoms with Crippen LogP contribution in [0, 0.1) is 5.82 Å². The average molecular weight is 473 g/mol. The van der Waals surface area contributed by atoms with Crippen LogP contribution in [0.25, 0.3) is 0 Å². The number of hydrogen-bond donors (Lipinski definition) is 1. The zero-order valence-electron chi connectivity index (χ0n) is 14.7. The van der Waals surface area contributed by atoms with Crippen molar-refractivity contribution in [3.63, 3.8) is 0 Å².